The summed E-state index contributed by atoms with van der Waals surface area (Å²) in [6.07, 6.45) is 1.55. The monoisotopic (exact) mass is 471 g/mol. The molecule has 0 aliphatic heterocycles. The van der Waals surface area contributed by atoms with Crippen molar-refractivity contribution in [3.8, 4) is 5.75 Å². The van der Waals surface area contributed by atoms with Gasteiger partial charge in [-0.1, -0.05) is 37.3 Å². The van der Waals surface area contributed by atoms with Gasteiger partial charge in [0.1, 0.15) is 11.4 Å². The Morgan fingerprint density at radius 2 is 1.75 bits per heavy atom. The van der Waals surface area contributed by atoms with Gasteiger partial charge in [-0.15, -0.1) is 12.4 Å². The Hall–Kier alpha value is -2.81. The molecule has 0 bridgehead atoms. The van der Waals surface area contributed by atoms with E-state index in [-0.39, 0.29) is 18.3 Å². The van der Waals surface area contributed by atoms with E-state index in [0.717, 1.165) is 41.1 Å². The van der Waals surface area contributed by atoms with Crippen LogP contribution in [-0.2, 0) is 0 Å². The number of fused-ring (bicyclic) bond motifs is 2. The quantitative estimate of drug-likeness (QED) is 0.372. The van der Waals surface area contributed by atoms with Gasteiger partial charge in [0.25, 0.3) is 5.91 Å². The highest BCUT2D eigenvalue weighted by atomic mass is 35.5. The van der Waals surface area contributed by atoms with Crippen molar-refractivity contribution in [2.24, 2.45) is 0 Å². The van der Waals surface area contributed by atoms with Crippen LogP contribution in [0.3, 0.4) is 0 Å². The summed E-state index contributed by atoms with van der Waals surface area (Å²) in [7, 11) is 1.64. The van der Waals surface area contributed by atoms with E-state index in [9.17, 15) is 4.79 Å². The Morgan fingerprint density at radius 3 is 2.47 bits per heavy atom. The molecular formula is C23H26ClN5O2S. The Labute approximate surface area is 197 Å². The minimum Gasteiger partial charge on any atom is -0.497 e. The normalized spacial score (nSPS) is 11.0. The molecule has 7 nitrogen and oxygen atoms in total. The van der Waals surface area contributed by atoms with Crippen molar-refractivity contribution in [3.05, 3.63) is 54.4 Å². The fourth-order valence-corrected chi connectivity index (χ4v) is 4.42. The molecule has 0 N–H and O–H groups in total. The predicted molar refractivity (Wildman–Crippen MR) is 132 cm³/mol. The van der Waals surface area contributed by atoms with Gasteiger partial charge in [-0.2, -0.15) is 0 Å². The molecule has 0 radical (unpaired) electrons. The molecule has 1 amide bonds. The average Bonchev–Trinajstić information content (AvgIpc) is 3.24. The summed E-state index contributed by atoms with van der Waals surface area (Å²) < 4.78 is 6.30. The molecule has 0 aliphatic carbocycles. The van der Waals surface area contributed by atoms with Crippen LogP contribution in [0.15, 0.2) is 48.7 Å². The Morgan fingerprint density at radius 1 is 1.00 bits per heavy atom. The summed E-state index contributed by atoms with van der Waals surface area (Å²) in [6.45, 7) is 7.35. The van der Waals surface area contributed by atoms with E-state index < -0.39 is 0 Å². The molecule has 0 saturated heterocycles. The maximum absolute atomic E-state index is 13.5. The fourth-order valence-electron chi connectivity index (χ4n) is 3.40. The zero-order valence-corrected chi connectivity index (χ0v) is 19.9. The van der Waals surface area contributed by atoms with Gasteiger partial charge >= 0.3 is 0 Å². The minimum absolute atomic E-state index is 0. The summed E-state index contributed by atoms with van der Waals surface area (Å²) in [5.41, 5.74) is 2.62. The van der Waals surface area contributed by atoms with Crippen molar-refractivity contribution in [1.29, 1.82) is 0 Å². The van der Waals surface area contributed by atoms with Gasteiger partial charge in [-0.25, -0.2) is 9.97 Å². The van der Waals surface area contributed by atoms with Crippen molar-refractivity contribution < 1.29 is 9.53 Å². The number of likely N-dealkylation sites (N-methyl/N-ethyl adjacent to an activating group) is 1. The fraction of sp³-hybridized carbons (Fsp3) is 0.304. The van der Waals surface area contributed by atoms with Crippen LogP contribution >= 0.6 is 23.7 Å². The largest absolute Gasteiger partial charge is 0.497 e. The third kappa shape index (κ3) is 4.98. The highest BCUT2D eigenvalue weighted by Gasteiger charge is 2.23. The third-order valence-corrected chi connectivity index (χ3v) is 6.30. The summed E-state index contributed by atoms with van der Waals surface area (Å²) in [5, 5.41) is 0.648. The molecule has 4 aromatic rings. The number of para-hydroxylation sites is 2. The number of aromatic nitrogens is 3. The smallest absolute Gasteiger partial charge is 0.280 e. The first-order valence-electron chi connectivity index (χ1n) is 10.3. The van der Waals surface area contributed by atoms with Gasteiger partial charge < -0.3 is 9.64 Å². The SMILES string of the molecule is CCN(CC)CCN(C(=O)c1cnc2ccccc2n1)c1nc2ccc(OC)cc2s1.Cl. The third-order valence-electron chi connectivity index (χ3n) is 5.26. The van der Waals surface area contributed by atoms with Crippen molar-refractivity contribution in [2.45, 2.75) is 13.8 Å². The number of hydrogen-bond donors (Lipinski definition) is 0. The number of hydrogen-bond acceptors (Lipinski definition) is 7. The molecule has 0 fully saturated rings. The highest BCUT2D eigenvalue weighted by Crippen LogP contribution is 2.32. The van der Waals surface area contributed by atoms with Crippen molar-refractivity contribution in [1.82, 2.24) is 19.9 Å². The van der Waals surface area contributed by atoms with E-state index >= 15 is 0 Å². The molecular weight excluding hydrogens is 446 g/mol. The van der Waals surface area contributed by atoms with E-state index in [1.165, 1.54) is 11.3 Å². The van der Waals surface area contributed by atoms with Crippen LogP contribution in [-0.4, -0.2) is 59.0 Å². The minimum atomic E-state index is -0.198. The second-order valence-electron chi connectivity index (χ2n) is 7.06. The van der Waals surface area contributed by atoms with E-state index in [2.05, 4.69) is 28.7 Å². The molecule has 2 aromatic heterocycles. The number of thiazole rings is 1. The van der Waals surface area contributed by atoms with Crippen LogP contribution in [0, 0.1) is 0 Å². The number of carbonyl (C=O) groups excluding carboxylic acids is 1. The van der Waals surface area contributed by atoms with Gasteiger partial charge in [0.15, 0.2) is 5.13 Å². The Balaban J connectivity index is 0.00000289. The molecule has 9 heteroatoms. The lowest BCUT2D eigenvalue weighted by molar-refractivity contribution is 0.0979. The number of amides is 1. The van der Waals surface area contributed by atoms with Crippen molar-refractivity contribution in [2.75, 3.05) is 38.2 Å². The first kappa shape index (κ1) is 23.8. The zero-order chi connectivity index (χ0) is 21.8. The molecule has 0 spiro atoms. The second kappa shape index (κ2) is 10.7. The Bertz CT molecular complexity index is 1210. The van der Waals surface area contributed by atoms with Gasteiger partial charge in [0.2, 0.25) is 0 Å². The maximum atomic E-state index is 13.5. The van der Waals surface area contributed by atoms with Crippen LogP contribution in [0.5, 0.6) is 5.75 Å². The number of halogens is 1. The van der Waals surface area contributed by atoms with Gasteiger partial charge in [-0.05, 0) is 43.4 Å². The van der Waals surface area contributed by atoms with Gasteiger partial charge in [0.05, 0.1) is 34.6 Å². The lowest BCUT2D eigenvalue weighted by Crippen LogP contribution is -2.39. The van der Waals surface area contributed by atoms with Gasteiger partial charge in [0, 0.05) is 13.1 Å². The number of anilines is 1. The topological polar surface area (TPSA) is 71.5 Å². The van der Waals surface area contributed by atoms with Crippen LogP contribution < -0.4 is 9.64 Å². The molecule has 0 aliphatic rings. The van der Waals surface area contributed by atoms with E-state index in [1.54, 1.807) is 18.2 Å². The van der Waals surface area contributed by atoms with Crippen LogP contribution in [0.2, 0.25) is 0 Å². The summed E-state index contributed by atoms with van der Waals surface area (Å²) in [6, 6.07) is 13.3. The number of methoxy groups -OCH3 is 1. The average molecular weight is 472 g/mol. The van der Waals surface area contributed by atoms with E-state index in [1.807, 2.05) is 42.5 Å². The lowest BCUT2D eigenvalue weighted by Gasteiger charge is -2.24. The molecule has 2 aromatic carbocycles. The number of benzene rings is 2. The van der Waals surface area contributed by atoms with E-state index in [0.29, 0.717) is 22.9 Å². The van der Waals surface area contributed by atoms with Crippen molar-refractivity contribution in [3.63, 3.8) is 0 Å². The molecule has 32 heavy (non-hydrogen) atoms. The van der Waals surface area contributed by atoms with E-state index in [4.69, 9.17) is 9.72 Å². The van der Waals surface area contributed by atoms with Crippen LogP contribution in [0.1, 0.15) is 24.3 Å². The number of ether oxygens (including phenoxy) is 1. The Kier molecular flexibility index (Phi) is 7.95. The molecule has 2 heterocycles. The highest BCUT2D eigenvalue weighted by molar-refractivity contribution is 7.22. The first-order valence-corrected chi connectivity index (χ1v) is 11.1. The number of nitrogens with zero attached hydrogens (tertiary/aromatic N) is 5. The number of carbonyl (C=O) groups is 1. The molecule has 0 saturated carbocycles. The van der Waals surface area contributed by atoms with Gasteiger partial charge in [-0.3, -0.25) is 14.7 Å². The van der Waals surface area contributed by atoms with Crippen LogP contribution in [0.25, 0.3) is 21.3 Å². The predicted octanol–water partition coefficient (Wildman–Crippen LogP) is 4.66. The van der Waals surface area contributed by atoms with Crippen LogP contribution in [0.4, 0.5) is 5.13 Å². The summed E-state index contributed by atoms with van der Waals surface area (Å²) in [4.78, 5) is 31.2. The van der Waals surface area contributed by atoms with Crippen molar-refractivity contribution >= 4 is 56.0 Å². The molecule has 0 atom stereocenters. The second-order valence-corrected chi connectivity index (χ2v) is 8.07. The number of rotatable bonds is 8. The standard InChI is InChI=1S/C23H25N5O2S.ClH/c1-4-27(5-2)12-13-28(23-26-19-11-10-16(30-3)14-21(19)31-23)22(29)20-15-24-17-8-6-7-9-18(17)25-20;/h6-11,14-15H,4-5,12-13H2,1-3H3;1H. The lowest BCUT2D eigenvalue weighted by atomic mass is 10.3. The molecule has 0 unspecified atom stereocenters. The molecule has 4 rings (SSSR count). The summed E-state index contributed by atoms with van der Waals surface area (Å²) in [5.74, 6) is 0.570. The summed E-state index contributed by atoms with van der Waals surface area (Å²) >= 11 is 1.48. The maximum Gasteiger partial charge on any atom is 0.280 e. The first-order chi connectivity index (χ1) is 15.1. The zero-order valence-electron chi connectivity index (χ0n) is 18.3. The molecule has 168 valence electrons.